The van der Waals surface area contributed by atoms with Crippen LogP contribution in [0.5, 0.6) is 0 Å². The molecule has 5 nitrogen and oxygen atoms in total. The summed E-state index contributed by atoms with van der Waals surface area (Å²) in [6.45, 7) is 0.679. The minimum absolute atomic E-state index is 0.0239. The number of amides is 1. The first-order valence-corrected chi connectivity index (χ1v) is 10.7. The Morgan fingerprint density at radius 2 is 1.84 bits per heavy atom. The van der Waals surface area contributed by atoms with Crippen molar-refractivity contribution in [3.8, 4) is 0 Å². The van der Waals surface area contributed by atoms with Crippen LogP contribution in [0.15, 0.2) is 24.3 Å². The second-order valence-corrected chi connectivity index (χ2v) is 8.58. The molecule has 0 spiro atoms. The zero-order chi connectivity index (χ0) is 18.3. The number of nitrogens with zero attached hydrogens (tertiary/aromatic N) is 1. The molecule has 1 fully saturated rings. The van der Waals surface area contributed by atoms with E-state index in [0.29, 0.717) is 13.0 Å². The first kappa shape index (κ1) is 19.8. The van der Waals surface area contributed by atoms with E-state index in [9.17, 15) is 17.6 Å². The second kappa shape index (κ2) is 9.29. The molecule has 2 rings (SSSR count). The van der Waals surface area contributed by atoms with Crippen LogP contribution in [0.4, 0.5) is 4.39 Å². The van der Waals surface area contributed by atoms with E-state index in [0.717, 1.165) is 37.7 Å². The molecule has 0 saturated heterocycles. The lowest BCUT2D eigenvalue weighted by molar-refractivity contribution is -0.121. The van der Waals surface area contributed by atoms with Crippen LogP contribution < -0.4 is 5.32 Å². The molecular formula is C18H27FN2O3S. The van der Waals surface area contributed by atoms with Gasteiger partial charge in [-0.15, -0.1) is 0 Å². The zero-order valence-corrected chi connectivity index (χ0v) is 15.5. The van der Waals surface area contributed by atoms with Crippen LogP contribution in [0.2, 0.25) is 0 Å². The molecule has 0 unspecified atom stereocenters. The fourth-order valence-electron chi connectivity index (χ4n) is 3.29. The zero-order valence-electron chi connectivity index (χ0n) is 14.7. The molecule has 1 N–H and O–H groups in total. The van der Waals surface area contributed by atoms with Crippen molar-refractivity contribution >= 4 is 15.9 Å². The van der Waals surface area contributed by atoms with Crippen LogP contribution in [0.3, 0.4) is 0 Å². The predicted molar refractivity (Wildman–Crippen MR) is 96.2 cm³/mol. The Balaban J connectivity index is 1.77. The molecule has 0 bridgehead atoms. The molecule has 1 saturated carbocycles. The summed E-state index contributed by atoms with van der Waals surface area (Å²) in [5.74, 6) is -0.442. The molecule has 1 aromatic carbocycles. The Kier molecular flexibility index (Phi) is 7.38. The maximum Gasteiger partial charge on any atom is 0.221 e. The number of sulfonamides is 1. The number of benzene rings is 1. The lowest BCUT2D eigenvalue weighted by atomic mass is 9.95. The average molecular weight is 370 g/mol. The van der Waals surface area contributed by atoms with Gasteiger partial charge in [-0.2, -0.15) is 4.31 Å². The van der Waals surface area contributed by atoms with Crippen LogP contribution in [-0.4, -0.2) is 44.0 Å². The van der Waals surface area contributed by atoms with Crippen molar-refractivity contribution in [2.45, 2.75) is 51.0 Å². The Hall–Kier alpha value is -1.47. The van der Waals surface area contributed by atoms with Crippen molar-refractivity contribution in [2.24, 2.45) is 0 Å². The maximum atomic E-state index is 12.8. The van der Waals surface area contributed by atoms with E-state index >= 15 is 0 Å². The molecule has 7 heteroatoms. The Bertz CT molecular complexity index is 655. The summed E-state index contributed by atoms with van der Waals surface area (Å²) in [4.78, 5) is 12.0. The van der Waals surface area contributed by atoms with Gasteiger partial charge in [0.15, 0.2) is 0 Å². The van der Waals surface area contributed by atoms with Gasteiger partial charge in [0, 0.05) is 25.6 Å². The third-order valence-electron chi connectivity index (χ3n) is 4.62. The van der Waals surface area contributed by atoms with Gasteiger partial charge in [0.05, 0.1) is 6.26 Å². The van der Waals surface area contributed by atoms with Gasteiger partial charge in [0.25, 0.3) is 0 Å². The van der Waals surface area contributed by atoms with E-state index < -0.39 is 10.0 Å². The fourth-order valence-corrected chi connectivity index (χ4v) is 4.46. The third-order valence-corrected chi connectivity index (χ3v) is 5.95. The largest absolute Gasteiger partial charge is 0.356 e. The van der Waals surface area contributed by atoms with Crippen molar-refractivity contribution in [1.82, 2.24) is 9.62 Å². The molecular weight excluding hydrogens is 343 g/mol. The first-order chi connectivity index (χ1) is 11.9. The number of hydrogen-bond acceptors (Lipinski definition) is 3. The highest BCUT2D eigenvalue weighted by Gasteiger charge is 2.28. The van der Waals surface area contributed by atoms with E-state index in [1.807, 2.05) is 0 Å². The lowest BCUT2D eigenvalue weighted by Gasteiger charge is -2.32. The van der Waals surface area contributed by atoms with Gasteiger partial charge >= 0.3 is 0 Å². The summed E-state index contributed by atoms with van der Waals surface area (Å²) >= 11 is 0. The van der Waals surface area contributed by atoms with Crippen LogP contribution in [0.1, 0.15) is 44.1 Å². The normalized spacial score (nSPS) is 16.1. The summed E-state index contributed by atoms with van der Waals surface area (Å²) in [6, 6.07) is 6.19. The molecule has 25 heavy (non-hydrogen) atoms. The summed E-state index contributed by atoms with van der Waals surface area (Å²) < 4.78 is 38.4. The van der Waals surface area contributed by atoms with E-state index in [-0.39, 0.29) is 30.7 Å². The number of nitrogens with one attached hydrogen (secondary N) is 1. The molecule has 140 valence electrons. The highest BCUT2D eigenvalue weighted by molar-refractivity contribution is 7.88. The third kappa shape index (κ3) is 6.74. The molecule has 0 radical (unpaired) electrons. The maximum absolute atomic E-state index is 12.8. The smallest absolute Gasteiger partial charge is 0.221 e. The number of carbonyl (C=O) groups is 1. The van der Waals surface area contributed by atoms with Crippen LogP contribution in [0.25, 0.3) is 0 Å². The van der Waals surface area contributed by atoms with E-state index in [1.165, 1.54) is 22.7 Å². The average Bonchev–Trinajstić information content (AvgIpc) is 2.56. The number of rotatable bonds is 8. The summed E-state index contributed by atoms with van der Waals surface area (Å²) in [7, 11) is -3.31. The minimum Gasteiger partial charge on any atom is -0.356 e. The molecule has 1 aliphatic carbocycles. The SMILES string of the molecule is CS(=O)(=O)N(CCC(=O)NCCc1ccc(F)cc1)C1CCCCC1. The molecule has 1 amide bonds. The van der Waals surface area contributed by atoms with Gasteiger partial charge in [0.2, 0.25) is 15.9 Å². The van der Waals surface area contributed by atoms with Crippen molar-refractivity contribution in [2.75, 3.05) is 19.3 Å². The highest BCUT2D eigenvalue weighted by atomic mass is 32.2. The van der Waals surface area contributed by atoms with Crippen LogP contribution >= 0.6 is 0 Å². The Labute approximate surface area is 149 Å². The molecule has 0 atom stereocenters. The molecule has 0 heterocycles. The Morgan fingerprint density at radius 1 is 1.20 bits per heavy atom. The number of hydrogen-bond donors (Lipinski definition) is 1. The van der Waals surface area contributed by atoms with E-state index in [1.54, 1.807) is 12.1 Å². The monoisotopic (exact) mass is 370 g/mol. The standard InChI is InChI=1S/C18H27FN2O3S/c1-25(23,24)21(17-5-3-2-4-6-17)14-12-18(22)20-13-11-15-7-9-16(19)10-8-15/h7-10,17H,2-6,11-14H2,1H3,(H,20,22). The highest BCUT2D eigenvalue weighted by Crippen LogP contribution is 2.24. The fraction of sp³-hybridized carbons (Fsp3) is 0.611. The van der Waals surface area contributed by atoms with Crippen molar-refractivity contribution in [3.05, 3.63) is 35.6 Å². The summed E-state index contributed by atoms with van der Waals surface area (Å²) in [6.07, 6.45) is 6.98. The van der Waals surface area contributed by atoms with Crippen molar-refractivity contribution < 1.29 is 17.6 Å². The van der Waals surface area contributed by atoms with E-state index in [4.69, 9.17) is 0 Å². The second-order valence-electron chi connectivity index (χ2n) is 6.64. The molecule has 1 aromatic rings. The van der Waals surface area contributed by atoms with Crippen molar-refractivity contribution in [3.63, 3.8) is 0 Å². The van der Waals surface area contributed by atoms with Gasteiger partial charge < -0.3 is 5.32 Å². The molecule has 0 aromatic heterocycles. The van der Waals surface area contributed by atoms with Crippen LogP contribution in [-0.2, 0) is 21.2 Å². The quantitative estimate of drug-likeness (QED) is 0.764. The van der Waals surface area contributed by atoms with Gasteiger partial charge in [-0.05, 0) is 37.0 Å². The molecule has 0 aliphatic heterocycles. The first-order valence-electron chi connectivity index (χ1n) is 8.84. The minimum atomic E-state index is -3.31. The number of carbonyl (C=O) groups excluding carboxylic acids is 1. The number of halogens is 1. The van der Waals surface area contributed by atoms with E-state index in [2.05, 4.69) is 5.32 Å². The van der Waals surface area contributed by atoms with Crippen LogP contribution in [0, 0.1) is 5.82 Å². The Morgan fingerprint density at radius 3 is 2.44 bits per heavy atom. The predicted octanol–water partition coefficient (Wildman–Crippen LogP) is 2.47. The van der Waals surface area contributed by atoms with Gasteiger partial charge in [-0.3, -0.25) is 4.79 Å². The summed E-state index contributed by atoms with van der Waals surface area (Å²) in [5, 5.41) is 2.80. The molecule has 1 aliphatic rings. The van der Waals surface area contributed by atoms with Crippen molar-refractivity contribution in [1.29, 1.82) is 0 Å². The lowest BCUT2D eigenvalue weighted by Crippen LogP contribution is -2.42. The van der Waals surface area contributed by atoms with Gasteiger partial charge in [0.1, 0.15) is 5.82 Å². The topological polar surface area (TPSA) is 66.5 Å². The van der Waals surface area contributed by atoms with Gasteiger partial charge in [-0.25, -0.2) is 12.8 Å². The summed E-state index contributed by atoms with van der Waals surface area (Å²) in [5.41, 5.74) is 0.946. The van der Waals surface area contributed by atoms with Gasteiger partial charge in [-0.1, -0.05) is 31.4 Å².